The van der Waals surface area contributed by atoms with Crippen LogP contribution in [0.15, 0.2) is 12.3 Å². The second kappa shape index (κ2) is 5.96. The van der Waals surface area contributed by atoms with Crippen LogP contribution in [0.25, 0.3) is 5.65 Å². The molecular weight excluding hydrogens is 274 g/mol. The summed E-state index contributed by atoms with van der Waals surface area (Å²) < 4.78 is 1.93. The first kappa shape index (κ1) is 14.8. The van der Waals surface area contributed by atoms with E-state index in [2.05, 4.69) is 29.1 Å². The van der Waals surface area contributed by atoms with Crippen LogP contribution in [0, 0.1) is 17.2 Å². The Balaban J connectivity index is 2.01. The van der Waals surface area contributed by atoms with Crippen molar-refractivity contribution in [2.75, 3.05) is 19.0 Å². The fourth-order valence-electron chi connectivity index (χ4n) is 3.45. The minimum Gasteiger partial charge on any atom is -0.363 e. The highest BCUT2D eigenvalue weighted by molar-refractivity contribution is 5.55. The van der Waals surface area contributed by atoms with Gasteiger partial charge in [0.1, 0.15) is 5.82 Å². The van der Waals surface area contributed by atoms with Crippen LogP contribution in [0.2, 0.25) is 0 Å². The van der Waals surface area contributed by atoms with E-state index in [1.54, 1.807) is 0 Å². The number of nitrogens with zero attached hydrogens (tertiary/aromatic N) is 5. The van der Waals surface area contributed by atoms with Crippen LogP contribution < -0.4 is 4.90 Å². The third kappa shape index (κ3) is 2.54. The molecule has 2 heterocycles. The van der Waals surface area contributed by atoms with Crippen LogP contribution in [0.5, 0.6) is 0 Å². The molecule has 2 unspecified atom stereocenters. The molecule has 2 atom stereocenters. The van der Waals surface area contributed by atoms with E-state index in [4.69, 9.17) is 10.2 Å². The highest BCUT2D eigenvalue weighted by atomic mass is 15.3. The zero-order valence-corrected chi connectivity index (χ0v) is 13.6. The van der Waals surface area contributed by atoms with Gasteiger partial charge in [0.2, 0.25) is 0 Å². The molecule has 3 rings (SSSR count). The Bertz CT molecular complexity index is 710. The fraction of sp³-hybridized carbons (Fsp3) is 0.588. The van der Waals surface area contributed by atoms with Gasteiger partial charge >= 0.3 is 0 Å². The molecule has 5 heteroatoms. The number of fused-ring (bicyclic) bond motifs is 1. The summed E-state index contributed by atoms with van der Waals surface area (Å²) in [7, 11) is 4.08. The SMILES string of the molecule is CCc1cnn2c(N(C)C)cc(C3CCC(CC#N)C3)nc12. The van der Waals surface area contributed by atoms with Gasteiger partial charge in [0.25, 0.3) is 0 Å². The van der Waals surface area contributed by atoms with Crippen molar-refractivity contribution in [1.82, 2.24) is 14.6 Å². The first-order valence-electron chi connectivity index (χ1n) is 8.05. The van der Waals surface area contributed by atoms with Crippen molar-refractivity contribution in [2.45, 2.75) is 44.9 Å². The summed E-state index contributed by atoms with van der Waals surface area (Å²) in [6.07, 6.45) is 6.90. The molecule has 2 aromatic heterocycles. The summed E-state index contributed by atoms with van der Waals surface area (Å²) in [5, 5.41) is 13.4. The molecule has 1 saturated carbocycles. The molecule has 0 saturated heterocycles. The number of hydrogen-bond donors (Lipinski definition) is 0. The molecule has 0 N–H and O–H groups in total. The van der Waals surface area contributed by atoms with Gasteiger partial charge in [0.15, 0.2) is 5.65 Å². The zero-order chi connectivity index (χ0) is 15.7. The van der Waals surface area contributed by atoms with Gasteiger partial charge in [-0.3, -0.25) is 0 Å². The number of rotatable bonds is 4. The van der Waals surface area contributed by atoms with E-state index in [1.807, 2.05) is 24.8 Å². The van der Waals surface area contributed by atoms with Crippen LogP contribution in [0.4, 0.5) is 5.82 Å². The smallest absolute Gasteiger partial charge is 0.160 e. The maximum atomic E-state index is 8.90. The van der Waals surface area contributed by atoms with Crippen molar-refractivity contribution in [2.24, 2.45) is 5.92 Å². The molecule has 22 heavy (non-hydrogen) atoms. The molecule has 5 nitrogen and oxygen atoms in total. The van der Waals surface area contributed by atoms with Crippen LogP contribution >= 0.6 is 0 Å². The van der Waals surface area contributed by atoms with Gasteiger partial charge < -0.3 is 4.90 Å². The highest BCUT2D eigenvalue weighted by Crippen LogP contribution is 2.40. The van der Waals surface area contributed by atoms with Gasteiger partial charge in [-0.2, -0.15) is 14.9 Å². The van der Waals surface area contributed by atoms with Crippen LogP contribution in [0.3, 0.4) is 0 Å². The lowest BCUT2D eigenvalue weighted by atomic mass is 9.99. The number of anilines is 1. The van der Waals surface area contributed by atoms with Crippen molar-refractivity contribution in [3.8, 4) is 6.07 Å². The maximum Gasteiger partial charge on any atom is 0.160 e. The lowest BCUT2D eigenvalue weighted by Gasteiger charge is -2.18. The first-order valence-corrected chi connectivity index (χ1v) is 8.05. The lowest BCUT2D eigenvalue weighted by Crippen LogP contribution is -2.15. The second-order valence-corrected chi connectivity index (χ2v) is 6.43. The summed E-state index contributed by atoms with van der Waals surface area (Å²) >= 11 is 0. The lowest BCUT2D eigenvalue weighted by molar-refractivity contribution is 0.549. The average Bonchev–Trinajstić information content (AvgIpc) is 3.12. The summed E-state index contributed by atoms with van der Waals surface area (Å²) in [6.45, 7) is 2.14. The average molecular weight is 297 g/mol. The number of aromatic nitrogens is 3. The predicted molar refractivity (Wildman–Crippen MR) is 87.0 cm³/mol. The number of aryl methyl sites for hydroxylation is 1. The Hall–Kier alpha value is -2.09. The quantitative estimate of drug-likeness (QED) is 0.870. The molecule has 0 bridgehead atoms. The molecule has 0 spiro atoms. The monoisotopic (exact) mass is 297 g/mol. The third-order valence-corrected chi connectivity index (χ3v) is 4.72. The van der Waals surface area contributed by atoms with Gasteiger partial charge in [-0.05, 0) is 31.6 Å². The molecule has 2 aromatic rings. The summed E-state index contributed by atoms with van der Waals surface area (Å²) in [5.41, 5.74) is 3.33. The Morgan fingerprint density at radius 1 is 1.41 bits per heavy atom. The molecule has 0 radical (unpaired) electrons. The molecule has 116 valence electrons. The standard InChI is InChI=1S/C17H23N5/c1-4-13-11-19-22-16(21(2)3)10-15(20-17(13)22)14-6-5-12(9-14)7-8-18/h10-12,14H,4-7,9H2,1-3H3. The van der Waals surface area contributed by atoms with Gasteiger partial charge in [-0.25, -0.2) is 4.98 Å². The number of nitriles is 1. The Kier molecular flexibility index (Phi) is 4.02. The van der Waals surface area contributed by atoms with E-state index < -0.39 is 0 Å². The van der Waals surface area contributed by atoms with E-state index in [0.29, 0.717) is 18.3 Å². The minimum absolute atomic E-state index is 0.474. The van der Waals surface area contributed by atoms with Crippen molar-refractivity contribution in [1.29, 1.82) is 5.26 Å². The highest BCUT2D eigenvalue weighted by Gasteiger charge is 2.28. The summed E-state index contributed by atoms with van der Waals surface area (Å²) in [4.78, 5) is 7.01. The zero-order valence-electron chi connectivity index (χ0n) is 13.6. The molecular formula is C17H23N5. The molecule has 1 aliphatic carbocycles. The fourth-order valence-corrected chi connectivity index (χ4v) is 3.45. The van der Waals surface area contributed by atoms with Gasteiger partial charge in [0.05, 0.1) is 12.3 Å². The molecule has 0 aromatic carbocycles. The van der Waals surface area contributed by atoms with E-state index in [9.17, 15) is 0 Å². The van der Waals surface area contributed by atoms with Crippen molar-refractivity contribution < 1.29 is 0 Å². The van der Waals surface area contributed by atoms with Crippen LogP contribution in [-0.2, 0) is 6.42 Å². The number of hydrogen-bond acceptors (Lipinski definition) is 4. The Labute approximate surface area is 131 Å². The molecule has 0 aliphatic heterocycles. The van der Waals surface area contributed by atoms with E-state index in [1.165, 1.54) is 5.56 Å². The predicted octanol–water partition coefficient (Wildman–Crippen LogP) is 3.16. The largest absolute Gasteiger partial charge is 0.363 e. The third-order valence-electron chi connectivity index (χ3n) is 4.72. The van der Waals surface area contributed by atoms with Crippen LogP contribution in [-0.4, -0.2) is 28.7 Å². The van der Waals surface area contributed by atoms with Crippen molar-refractivity contribution in [3.05, 3.63) is 23.5 Å². The Morgan fingerprint density at radius 3 is 2.91 bits per heavy atom. The first-order chi connectivity index (χ1) is 10.6. The topological polar surface area (TPSA) is 57.2 Å². The summed E-state index contributed by atoms with van der Waals surface area (Å²) in [5.74, 6) is 2.08. The Morgan fingerprint density at radius 2 is 2.23 bits per heavy atom. The van der Waals surface area contributed by atoms with Crippen LogP contribution in [0.1, 0.15) is 49.8 Å². The van der Waals surface area contributed by atoms with Gasteiger partial charge in [-0.1, -0.05) is 6.92 Å². The van der Waals surface area contributed by atoms with Gasteiger partial charge in [0, 0.05) is 43.8 Å². The van der Waals surface area contributed by atoms with E-state index in [0.717, 1.165) is 42.8 Å². The van der Waals surface area contributed by atoms with Crippen molar-refractivity contribution >= 4 is 11.5 Å². The second-order valence-electron chi connectivity index (χ2n) is 6.43. The molecule has 1 aliphatic rings. The van der Waals surface area contributed by atoms with E-state index >= 15 is 0 Å². The summed E-state index contributed by atoms with van der Waals surface area (Å²) in [6, 6.07) is 4.48. The van der Waals surface area contributed by atoms with E-state index in [-0.39, 0.29) is 0 Å². The van der Waals surface area contributed by atoms with Gasteiger partial charge in [-0.15, -0.1) is 0 Å². The minimum atomic E-state index is 0.474. The molecule has 1 fully saturated rings. The van der Waals surface area contributed by atoms with Crippen molar-refractivity contribution in [3.63, 3.8) is 0 Å². The maximum absolute atomic E-state index is 8.90. The normalized spacial score (nSPS) is 21.2. The molecule has 0 amide bonds.